The molecule has 0 amide bonds. The van der Waals surface area contributed by atoms with Crippen molar-refractivity contribution in [1.29, 1.82) is 0 Å². The molecular formula is C25H25AgCl2O4S2. The van der Waals surface area contributed by atoms with E-state index in [1.165, 1.54) is 17.1 Å². The van der Waals surface area contributed by atoms with Crippen molar-refractivity contribution >= 4 is 55.9 Å². The number of halogens is 2. The van der Waals surface area contributed by atoms with E-state index in [-0.39, 0.29) is 29.8 Å². The molecule has 0 aliphatic carbocycles. The van der Waals surface area contributed by atoms with Crippen molar-refractivity contribution in [2.45, 2.75) is 4.90 Å². The van der Waals surface area contributed by atoms with Crippen LogP contribution in [-0.4, -0.2) is 25.8 Å². The van der Waals surface area contributed by atoms with Crippen molar-refractivity contribution < 1.29 is 40.1 Å². The first-order valence-corrected chi connectivity index (χ1v) is 12.7. The third kappa shape index (κ3) is 12.8. The summed E-state index contributed by atoms with van der Waals surface area (Å²) in [6.45, 7) is 4.24. The molecule has 0 radical (unpaired) electrons. The first-order chi connectivity index (χ1) is 15.2. The average molecular weight is 632 g/mol. The molecule has 0 unspecified atom stereocenters. The van der Waals surface area contributed by atoms with Gasteiger partial charge in [-0.25, -0.2) is 0 Å². The number of hydrogen-bond acceptors (Lipinski definition) is 4. The molecule has 34 heavy (non-hydrogen) atoms. The van der Waals surface area contributed by atoms with E-state index in [1.54, 1.807) is 18.2 Å². The quantitative estimate of drug-likeness (QED) is 0.0944. The van der Waals surface area contributed by atoms with Gasteiger partial charge >= 0.3 is 22.4 Å². The molecule has 186 valence electrons. The van der Waals surface area contributed by atoms with Crippen LogP contribution >= 0.6 is 35.0 Å². The Bertz CT molecular complexity index is 1230. The SMILES string of the molecule is C=C/C=C(\C=C/COc1ccc2ccccc2c1)Sc1cc(Cl)ccc1Cl.CS(=O)(=O)O.[Ag+].[CH3-]. The minimum Gasteiger partial charge on any atom is -0.490 e. The molecule has 3 rings (SSSR count). The van der Waals surface area contributed by atoms with Gasteiger partial charge in [0.25, 0.3) is 10.1 Å². The number of ether oxygens (including phenoxy) is 1. The van der Waals surface area contributed by atoms with E-state index >= 15 is 0 Å². The number of fused-ring (bicyclic) bond motifs is 1. The molecule has 0 aromatic heterocycles. The molecule has 0 spiro atoms. The van der Waals surface area contributed by atoms with Gasteiger partial charge in [0.05, 0.1) is 11.3 Å². The van der Waals surface area contributed by atoms with E-state index in [9.17, 15) is 8.42 Å². The van der Waals surface area contributed by atoms with E-state index < -0.39 is 10.1 Å². The first-order valence-electron chi connectivity index (χ1n) is 9.32. The summed E-state index contributed by atoms with van der Waals surface area (Å²) >= 11 is 13.8. The predicted molar refractivity (Wildman–Crippen MR) is 143 cm³/mol. The van der Waals surface area contributed by atoms with Crippen LogP contribution in [0.1, 0.15) is 0 Å². The van der Waals surface area contributed by atoms with Gasteiger partial charge in [-0.1, -0.05) is 78.0 Å². The van der Waals surface area contributed by atoms with Gasteiger partial charge in [-0.3, -0.25) is 4.55 Å². The maximum atomic E-state index is 9.19. The molecular weight excluding hydrogens is 607 g/mol. The van der Waals surface area contributed by atoms with Crippen molar-refractivity contribution in [2.75, 3.05) is 12.9 Å². The molecule has 0 bridgehead atoms. The molecule has 0 atom stereocenters. The Morgan fingerprint density at radius 3 is 2.38 bits per heavy atom. The Morgan fingerprint density at radius 1 is 1.09 bits per heavy atom. The second-order valence-electron chi connectivity index (χ2n) is 6.44. The van der Waals surface area contributed by atoms with Gasteiger partial charge in [0.1, 0.15) is 12.4 Å². The second kappa shape index (κ2) is 16.2. The Hall–Kier alpha value is -1.48. The van der Waals surface area contributed by atoms with E-state index in [0.29, 0.717) is 22.9 Å². The number of hydrogen-bond donors (Lipinski definition) is 1. The fourth-order valence-electron chi connectivity index (χ4n) is 2.49. The molecule has 0 fully saturated rings. The molecule has 3 aromatic rings. The fourth-order valence-corrected chi connectivity index (χ4v) is 3.89. The van der Waals surface area contributed by atoms with Gasteiger partial charge in [-0.2, -0.15) is 8.42 Å². The van der Waals surface area contributed by atoms with Gasteiger partial charge in [0, 0.05) is 14.8 Å². The molecule has 3 aromatic carbocycles. The molecule has 0 aliphatic rings. The molecule has 0 saturated carbocycles. The molecule has 1 N–H and O–H groups in total. The standard InChI is InChI=1S/C23H18Cl2OS.CH4O3S.CH3.Ag/c1-2-6-21(27-23-16-19(24)11-13-22(23)25)9-5-14-26-20-12-10-17-7-3-4-8-18(17)15-20;1-5(2,3)4;;/h2-13,15-16H,1,14H2;1H3,(H,2,3,4);1H3;/q;;-1;+1/b9-5-,21-6+;;;. The van der Waals surface area contributed by atoms with E-state index in [1.807, 2.05) is 48.6 Å². The number of rotatable bonds is 7. The largest absolute Gasteiger partial charge is 1.00 e. The second-order valence-corrected chi connectivity index (χ2v) is 9.86. The fraction of sp³-hybridized carbons (Fsp3) is 0.0800. The Morgan fingerprint density at radius 2 is 1.74 bits per heavy atom. The maximum absolute atomic E-state index is 9.19. The van der Waals surface area contributed by atoms with Crippen LogP contribution in [-0.2, 0) is 32.5 Å². The summed E-state index contributed by atoms with van der Waals surface area (Å²) in [6.07, 6.45) is 8.34. The van der Waals surface area contributed by atoms with Crippen molar-refractivity contribution in [3.63, 3.8) is 0 Å². The summed E-state index contributed by atoms with van der Waals surface area (Å²) in [5.41, 5.74) is 0. The summed E-state index contributed by atoms with van der Waals surface area (Å²) in [5.74, 6) is 0.845. The maximum Gasteiger partial charge on any atom is 1.00 e. The van der Waals surface area contributed by atoms with Crippen LogP contribution in [0.3, 0.4) is 0 Å². The van der Waals surface area contributed by atoms with E-state index in [0.717, 1.165) is 20.9 Å². The molecule has 0 saturated heterocycles. The summed E-state index contributed by atoms with van der Waals surface area (Å²) in [4.78, 5) is 1.90. The van der Waals surface area contributed by atoms with Gasteiger partial charge in [0.2, 0.25) is 0 Å². The predicted octanol–water partition coefficient (Wildman–Crippen LogP) is 7.90. The van der Waals surface area contributed by atoms with Gasteiger partial charge in [0.15, 0.2) is 0 Å². The van der Waals surface area contributed by atoms with Gasteiger partial charge in [-0.05, 0) is 59.3 Å². The van der Waals surface area contributed by atoms with Crippen LogP contribution in [0.25, 0.3) is 10.8 Å². The Balaban J connectivity index is 0.00000141. The van der Waals surface area contributed by atoms with Gasteiger partial charge in [-0.15, -0.1) is 0 Å². The minimum absolute atomic E-state index is 0. The number of allylic oxidation sites excluding steroid dienone is 3. The topological polar surface area (TPSA) is 63.6 Å². The van der Waals surface area contributed by atoms with Crippen molar-refractivity contribution in [2.24, 2.45) is 0 Å². The van der Waals surface area contributed by atoms with Crippen LogP contribution in [0, 0.1) is 7.43 Å². The van der Waals surface area contributed by atoms with Crippen LogP contribution in [0.4, 0.5) is 0 Å². The zero-order valence-corrected chi connectivity index (χ0v) is 23.2. The summed E-state index contributed by atoms with van der Waals surface area (Å²) in [6, 6.07) is 19.7. The molecule has 4 nitrogen and oxygen atoms in total. The third-order valence-electron chi connectivity index (χ3n) is 3.75. The summed E-state index contributed by atoms with van der Waals surface area (Å²) < 4.78 is 31.7. The van der Waals surface area contributed by atoms with E-state index in [2.05, 4.69) is 24.8 Å². The molecule has 0 aliphatic heterocycles. The van der Waals surface area contributed by atoms with Crippen LogP contribution in [0.2, 0.25) is 10.0 Å². The van der Waals surface area contributed by atoms with Gasteiger partial charge < -0.3 is 12.2 Å². The number of benzene rings is 3. The Labute approximate surface area is 232 Å². The third-order valence-corrected chi connectivity index (χ3v) is 5.49. The smallest absolute Gasteiger partial charge is 0.490 e. The van der Waals surface area contributed by atoms with Crippen molar-refractivity contribution in [3.05, 3.63) is 114 Å². The summed E-state index contributed by atoms with van der Waals surface area (Å²) in [5, 5.41) is 3.69. The first kappa shape index (κ1) is 32.5. The zero-order valence-electron chi connectivity index (χ0n) is 18.5. The molecule has 0 heterocycles. The van der Waals surface area contributed by atoms with Crippen molar-refractivity contribution in [1.82, 2.24) is 0 Å². The monoisotopic (exact) mass is 630 g/mol. The Kier molecular flexibility index (Phi) is 15.5. The van der Waals surface area contributed by atoms with Crippen LogP contribution < -0.4 is 4.74 Å². The average Bonchev–Trinajstić information content (AvgIpc) is 2.72. The minimum atomic E-state index is -3.67. The van der Waals surface area contributed by atoms with Crippen LogP contribution in [0.15, 0.2) is 101 Å². The summed E-state index contributed by atoms with van der Waals surface area (Å²) in [7, 11) is -3.67. The van der Waals surface area contributed by atoms with Crippen molar-refractivity contribution in [3.8, 4) is 5.75 Å². The van der Waals surface area contributed by atoms with Crippen LogP contribution in [0.5, 0.6) is 5.75 Å². The number of thioether (sulfide) groups is 1. The normalized spacial score (nSPS) is 11.1. The van der Waals surface area contributed by atoms with E-state index in [4.69, 9.17) is 32.5 Å². The molecule has 9 heteroatoms. The zero-order chi connectivity index (χ0) is 23.6.